The zero-order valence-corrected chi connectivity index (χ0v) is 18.5. The Morgan fingerprint density at radius 2 is 1.88 bits per heavy atom. The van der Waals surface area contributed by atoms with Crippen LogP contribution in [0.4, 0.5) is 4.39 Å². The van der Waals surface area contributed by atoms with Gasteiger partial charge in [0, 0.05) is 30.1 Å². The fourth-order valence-corrected chi connectivity index (χ4v) is 4.02. The quantitative estimate of drug-likeness (QED) is 0.646. The number of hydrogen-bond donors (Lipinski definition) is 1. The van der Waals surface area contributed by atoms with Crippen molar-refractivity contribution in [2.24, 2.45) is 5.73 Å². The van der Waals surface area contributed by atoms with Crippen LogP contribution in [0.3, 0.4) is 0 Å². The standard InChI is InChI=1S/C25H25FN4O3/c1-25(2,18-7-4-8-19(26)14-18)24(32)30-11-12-33-20(15-30)22-21(28-9-10-29-22)16-5-3-6-17(13-16)23(27)31/h3-10,13-14,20H,11-12,15H2,1-2H3,(H2,27,31)/t20-/m0/s1. The Morgan fingerprint density at radius 1 is 1.12 bits per heavy atom. The van der Waals surface area contributed by atoms with E-state index in [1.54, 1.807) is 61.5 Å². The highest BCUT2D eigenvalue weighted by atomic mass is 19.1. The predicted molar refractivity (Wildman–Crippen MR) is 121 cm³/mol. The summed E-state index contributed by atoms with van der Waals surface area (Å²) in [5.74, 6) is -1.04. The van der Waals surface area contributed by atoms with Crippen LogP contribution >= 0.6 is 0 Å². The number of carbonyl (C=O) groups is 2. The van der Waals surface area contributed by atoms with Crippen molar-refractivity contribution in [2.45, 2.75) is 25.4 Å². The fourth-order valence-electron chi connectivity index (χ4n) is 4.02. The first-order valence-electron chi connectivity index (χ1n) is 10.7. The molecule has 1 aliphatic heterocycles. The summed E-state index contributed by atoms with van der Waals surface area (Å²) in [6.07, 6.45) is 2.62. The van der Waals surface area contributed by atoms with Gasteiger partial charge in [0.2, 0.25) is 11.8 Å². The lowest BCUT2D eigenvalue weighted by Gasteiger charge is -2.38. The van der Waals surface area contributed by atoms with Gasteiger partial charge in [-0.2, -0.15) is 0 Å². The molecule has 7 nitrogen and oxygen atoms in total. The molecule has 1 fully saturated rings. The van der Waals surface area contributed by atoms with Crippen LogP contribution in [0.1, 0.15) is 41.6 Å². The molecule has 2 heterocycles. The molecular formula is C25H25FN4O3. The van der Waals surface area contributed by atoms with Crippen molar-refractivity contribution in [1.82, 2.24) is 14.9 Å². The molecule has 3 aromatic rings. The van der Waals surface area contributed by atoms with Crippen molar-refractivity contribution in [2.75, 3.05) is 19.7 Å². The molecule has 0 radical (unpaired) electrons. The number of primary amides is 1. The van der Waals surface area contributed by atoms with Gasteiger partial charge in [-0.1, -0.05) is 24.3 Å². The van der Waals surface area contributed by atoms with Gasteiger partial charge >= 0.3 is 0 Å². The Labute approximate surface area is 191 Å². The number of rotatable bonds is 5. The number of hydrogen-bond acceptors (Lipinski definition) is 5. The van der Waals surface area contributed by atoms with Crippen LogP contribution in [0.5, 0.6) is 0 Å². The number of ether oxygens (including phenoxy) is 1. The van der Waals surface area contributed by atoms with E-state index in [2.05, 4.69) is 9.97 Å². The smallest absolute Gasteiger partial charge is 0.248 e. The van der Waals surface area contributed by atoms with Crippen molar-refractivity contribution in [3.8, 4) is 11.3 Å². The maximum Gasteiger partial charge on any atom is 0.248 e. The van der Waals surface area contributed by atoms with E-state index in [1.807, 2.05) is 6.07 Å². The van der Waals surface area contributed by atoms with Gasteiger partial charge in [0.1, 0.15) is 11.9 Å². The number of aromatic nitrogens is 2. The Balaban J connectivity index is 1.62. The van der Waals surface area contributed by atoms with Crippen LogP contribution in [-0.4, -0.2) is 46.4 Å². The minimum Gasteiger partial charge on any atom is -0.368 e. The second-order valence-corrected chi connectivity index (χ2v) is 8.48. The van der Waals surface area contributed by atoms with Gasteiger partial charge in [-0.15, -0.1) is 0 Å². The molecule has 1 saturated heterocycles. The van der Waals surface area contributed by atoms with E-state index in [0.717, 1.165) is 0 Å². The molecule has 2 aromatic carbocycles. The van der Waals surface area contributed by atoms with Crippen LogP contribution in [0, 0.1) is 5.82 Å². The molecule has 0 saturated carbocycles. The molecule has 4 rings (SSSR count). The molecule has 0 spiro atoms. The number of nitrogens with two attached hydrogens (primary N) is 1. The highest BCUT2D eigenvalue weighted by Crippen LogP contribution is 2.32. The third-order valence-corrected chi connectivity index (χ3v) is 5.89. The lowest BCUT2D eigenvalue weighted by atomic mass is 9.83. The summed E-state index contributed by atoms with van der Waals surface area (Å²) in [6.45, 7) is 4.60. The van der Waals surface area contributed by atoms with Gasteiger partial charge in [0.05, 0.1) is 30.0 Å². The molecule has 0 aliphatic carbocycles. The van der Waals surface area contributed by atoms with Crippen molar-refractivity contribution < 1.29 is 18.7 Å². The zero-order valence-electron chi connectivity index (χ0n) is 18.5. The number of morpholine rings is 1. The highest BCUT2D eigenvalue weighted by molar-refractivity contribution is 5.94. The van der Waals surface area contributed by atoms with Crippen molar-refractivity contribution in [1.29, 1.82) is 0 Å². The molecule has 8 heteroatoms. The van der Waals surface area contributed by atoms with Gasteiger partial charge < -0.3 is 15.4 Å². The maximum absolute atomic E-state index is 13.8. The average molecular weight is 448 g/mol. The van der Waals surface area contributed by atoms with Crippen LogP contribution in [0.25, 0.3) is 11.3 Å². The summed E-state index contributed by atoms with van der Waals surface area (Å²) < 4.78 is 19.8. The molecule has 0 bridgehead atoms. The average Bonchev–Trinajstić information content (AvgIpc) is 2.83. The SMILES string of the molecule is CC(C)(C(=O)N1CCO[C@H](c2nccnc2-c2cccc(C(N)=O)c2)C1)c1cccc(F)c1. The second kappa shape index (κ2) is 9.07. The minimum absolute atomic E-state index is 0.123. The van der Waals surface area contributed by atoms with E-state index >= 15 is 0 Å². The molecule has 0 unspecified atom stereocenters. The maximum atomic E-state index is 13.8. The van der Waals surface area contributed by atoms with Crippen LogP contribution in [-0.2, 0) is 14.9 Å². The Morgan fingerprint density at radius 3 is 2.64 bits per heavy atom. The Kier molecular flexibility index (Phi) is 6.20. The summed E-state index contributed by atoms with van der Waals surface area (Å²) in [5, 5.41) is 0. The summed E-state index contributed by atoms with van der Waals surface area (Å²) in [5.41, 5.74) is 7.30. The topological polar surface area (TPSA) is 98.4 Å². The zero-order chi connectivity index (χ0) is 23.6. The molecule has 1 aliphatic rings. The first kappa shape index (κ1) is 22.5. The summed E-state index contributed by atoms with van der Waals surface area (Å²) in [6, 6.07) is 13.0. The first-order chi connectivity index (χ1) is 15.8. The number of halogens is 1. The molecule has 170 valence electrons. The normalized spacial score (nSPS) is 16.5. The van der Waals surface area contributed by atoms with Gasteiger partial charge in [-0.25, -0.2) is 4.39 Å². The highest BCUT2D eigenvalue weighted by Gasteiger charge is 2.37. The number of nitrogens with zero attached hydrogens (tertiary/aromatic N) is 3. The van der Waals surface area contributed by atoms with Crippen molar-refractivity contribution in [3.63, 3.8) is 0 Å². The third kappa shape index (κ3) is 4.61. The summed E-state index contributed by atoms with van der Waals surface area (Å²) >= 11 is 0. The molecule has 2 amide bonds. The molecule has 1 atom stereocenters. The lowest BCUT2D eigenvalue weighted by molar-refractivity contribution is -0.144. The molecule has 33 heavy (non-hydrogen) atoms. The molecular weight excluding hydrogens is 423 g/mol. The number of carbonyl (C=O) groups excluding carboxylic acids is 2. The van der Waals surface area contributed by atoms with E-state index in [1.165, 1.54) is 12.1 Å². The minimum atomic E-state index is -0.912. The van der Waals surface area contributed by atoms with Crippen LogP contribution in [0.15, 0.2) is 60.9 Å². The Hall–Kier alpha value is -3.65. The van der Waals surface area contributed by atoms with E-state index < -0.39 is 17.4 Å². The van der Waals surface area contributed by atoms with E-state index in [0.29, 0.717) is 41.2 Å². The van der Waals surface area contributed by atoms with Gasteiger partial charge in [-0.3, -0.25) is 19.6 Å². The van der Waals surface area contributed by atoms with Gasteiger partial charge in [0.15, 0.2) is 0 Å². The van der Waals surface area contributed by atoms with E-state index in [-0.39, 0.29) is 18.3 Å². The van der Waals surface area contributed by atoms with Crippen molar-refractivity contribution >= 4 is 11.8 Å². The fraction of sp³-hybridized carbons (Fsp3) is 0.280. The largest absolute Gasteiger partial charge is 0.368 e. The second-order valence-electron chi connectivity index (χ2n) is 8.48. The van der Waals surface area contributed by atoms with E-state index in [4.69, 9.17) is 10.5 Å². The molecule has 2 N–H and O–H groups in total. The van der Waals surface area contributed by atoms with Crippen LogP contribution in [0.2, 0.25) is 0 Å². The Bertz CT molecular complexity index is 1200. The van der Waals surface area contributed by atoms with Gasteiger partial charge in [0.25, 0.3) is 0 Å². The monoisotopic (exact) mass is 448 g/mol. The lowest BCUT2D eigenvalue weighted by Crippen LogP contribution is -2.49. The van der Waals surface area contributed by atoms with E-state index in [9.17, 15) is 14.0 Å². The number of amides is 2. The first-order valence-corrected chi connectivity index (χ1v) is 10.7. The molecule has 1 aromatic heterocycles. The third-order valence-electron chi connectivity index (χ3n) is 5.89. The summed E-state index contributed by atoms with van der Waals surface area (Å²) in [4.78, 5) is 35.7. The van der Waals surface area contributed by atoms with Gasteiger partial charge in [-0.05, 0) is 43.7 Å². The van der Waals surface area contributed by atoms with Crippen molar-refractivity contribution in [3.05, 3.63) is 83.6 Å². The predicted octanol–water partition coefficient (Wildman–Crippen LogP) is 3.26. The van der Waals surface area contributed by atoms with Crippen LogP contribution < -0.4 is 5.73 Å². The number of benzene rings is 2. The summed E-state index contributed by atoms with van der Waals surface area (Å²) in [7, 11) is 0.